The van der Waals surface area contributed by atoms with E-state index < -0.39 is 0 Å². The lowest BCUT2D eigenvalue weighted by Crippen LogP contribution is -2.15. The monoisotopic (exact) mass is 262 g/mol. The van der Waals surface area contributed by atoms with Gasteiger partial charge in [-0.25, -0.2) is 4.39 Å². The van der Waals surface area contributed by atoms with Gasteiger partial charge in [-0.15, -0.1) is 0 Å². The van der Waals surface area contributed by atoms with Crippen LogP contribution < -0.4 is 5.56 Å². The third-order valence-electron chi connectivity index (χ3n) is 2.93. The van der Waals surface area contributed by atoms with Crippen LogP contribution in [0.5, 0.6) is 5.88 Å². The van der Waals surface area contributed by atoms with E-state index in [0.717, 1.165) is 6.42 Å². The molecule has 1 aromatic heterocycles. The molecule has 0 aliphatic carbocycles. The largest absolute Gasteiger partial charge is 0.493 e. The van der Waals surface area contributed by atoms with Gasteiger partial charge in [0.1, 0.15) is 11.6 Å². The first-order valence-corrected chi connectivity index (χ1v) is 6.11. The number of nitrogens with zero attached hydrogens (tertiary/aromatic N) is 1. The first-order valence-electron chi connectivity index (χ1n) is 6.11. The highest BCUT2D eigenvalue weighted by atomic mass is 19.1. The molecule has 0 saturated heterocycles. The maximum Gasteiger partial charge on any atom is 0.258 e. The Balaban J connectivity index is 2.52. The smallest absolute Gasteiger partial charge is 0.258 e. The fourth-order valence-corrected chi connectivity index (χ4v) is 1.89. The highest BCUT2D eigenvalue weighted by Gasteiger charge is 2.11. The second-order valence-electron chi connectivity index (χ2n) is 4.43. The summed E-state index contributed by atoms with van der Waals surface area (Å²) in [5, 5.41) is 9.78. The predicted molar refractivity (Wildman–Crippen MR) is 70.6 cm³/mol. The summed E-state index contributed by atoms with van der Waals surface area (Å²) >= 11 is 0. The molecule has 0 bridgehead atoms. The highest BCUT2D eigenvalue weighted by molar-refractivity contribution is 5.56. The molecule has 1 heterocycles. The van der Waals surface area contributed by atoms with Gasteiger partial charge in [-0.1, -0.05) is 13.3 Å². The van der Waals surface area contributed by atoms with E-state index in [9.17, 15) is 14.3 Å². The molecule has 1 aromatic carbocycles. The molecule has 5 heteroatoms. The van der Waals surface area contributed by atoms with Gasteiger partial charge in [0, 0.05) is 5.56 Å². The molecule has 0 unspecified atom stereocenters. The van der Waals surface area contributed by atoms with Gasteiger partial charge in [-0.05, 0) is 37.1 Å². The summed E-state index contributed by atoms with van der Waals surface area (Å²) in [6.45, 7) is 3.54. The minimum atomic E-state index is -0.355. The van der Waals surface area contributed by atoms with Crippen LogP contribution in [0.4, 0.5) is 4.39 Å². The molecule has 0 aliphatic rings. The van der Waals surface area contributed by atoms with Gasteiger partial charge in [-0.3, -0.25) is 4.79 Å². The molecular formula is C14H15FN2O2. The Labute approximate surface area is 110 Å². The normalized spacial score (nSPS) is 10.7. The highest BCUT2D eigenvalue weighted by Crippen LogP contribution is 2.20. The molecule has 19 heavy (non-hydrogen) atoms. The zero-order valence-corrected chi connectivity index (χ0v) is 10.8. The van der Waals surface area contributed by atoms with Crippen LogP contribution in [0.15, 0.2) is 23.0 Å². The van der Waals surface area contributed by atoms with E-state index in [-0.39, 0.29) is 28.6 Å². The lowest BCUT2D eigenvalue weighted by Gasteiger charge is -2.06. The second-order valence-corrected chi connectivity index (χ2v) is 4.43. The summed E-state index contributed by atoms with van der Waals surface area (Å²) in [5.41, 5.74) is 0.947. The zero-order valence-electron chi connectivity index (χ0n) is 10.8. The van der Waals surface area contributed by atoms with Crippen molar-refractivity contribution in [3.05, 3.63) is 45.5 Å². The van der Waals surface area contributed by atoms with Gasteiger partial charge in [0.05, 0.1) is 5.56 Å². The number of aryl methyl sites for hydroxylation is 1. The van der Waals surface area contributed by atoms with Crippen molar-refractivity contribution in [2.45, 2.75) is 26.7 Å². The zero-order chi connectivity index (χ0) is 14.0. The predicted octanol–water partition coefficient (Wildman–Crippen LogP) is 2.54. The van der Waals surface area contributed by atoms with Crippen molar-refractivity contribution in [3.63, 3.8) is 0 Å². The Morgan fingerprint density at radius 3 is 2.74 bits per heavy atom. The van der Waals surface area contributed by atoms with Crippen molar-refractivity contribution in [2.75, 3.05) is 0 Å². The average molecular weight is 262 g/mol. The van der Waals surface area contributed by atoms with E-state index in [1.54, 1.807) is 13.0 Å². The number of H-pyrrole nitrogens is 1. The number of aromatic amines is 1. The van der Waals surface area contributed by atoms with Crippen LogP contribution in [0.3, 0.4) is 0 Å². The average Bonchev–Trinajstić information content (AvgIpc) is 2.37. The summed E-state index contributed by atoms with van der Waals surface area (Å²) in [4.78, 5) is 18.4. The van der Waals surface area contributed by atoms with Gasteiger partial charge in [0.2, 0.25) is 5.88 Å². The minimum Gasteiger partial charge on any atom is -0.493 e. The molecule has 0 amide bonds. The number of aromatic nitrogens is 2. The number of hydrogen-bond donors (Lipinski definition) is 2. The van der Waals surface area contributed by atoms with Crippen LogP contribution >= 0.6 is 0 Å². The summed E-state index contributed by atoms with van der Waals surface area (Å²) in [6.07, 6.45) is 1.21. The van der Waals surface area contributed by atoms with Crippen LogP contribution in [-0.4, -0.2) is 15.1 Å². The van der Waals surface area contributed by atoms with Crippen molar-refractivity contribution in [1.82, 2.24) is 9.97 Å². The van der Waals surface area contributed by atoms with E-state index >= 15 is 0 Å². The molecule has 4 nitrogen and oxygen atoms in total. The Morgan fingerprint density at radius 1 is 1.42 bits per heavy atom. The van der Waals surface area contributed by atoms with Crippen molar-refractivity contribution in [2.24, 2.45) is 0 Å². The second kappa shape index (κ2) is 5.22. The van der Waals surface area contributed by atoms with E-state index in [1.807, 2.05) is 6.92 Å². The van der Waals surface area contributed by atoms with Crippen molar-refractivity contribution >= 4 is 0 Å². The van der Waals surface area contributed by atoms with Crippen LogP contribution in [0.1, 0.15) is 24.5 Å². The molecule has 0 saturated carbocycles. The van der Waals surface area contributed by atoms with Crippen LogP contribution in [0.2, 0.25) is 0 Å². The summed E-state index contributed by atoms with van der Waals surface area (Å²) in [6, 6.07) is 4.40. The summed E-state index contributed by atoms with van der Waals surface area (Å²) < 4.78 is 13.2. The number of aromatic hydroxyl groups is 1. The fraction of sp³-hybridized carbons (Fsp3) is 0.286. The first-order chi connectivity index (χ1) is 9.02. The Bertz CT molecular complexity index is 665. The number of nitrogens with one attached hydrogen (secondary N) is 1. The summed E-state index contributed by atoms with van der Waals surface area (Å²) in [7, 11) is 0. The molecule has 0 fully saturated rings. The van der Waals surface area contributed by atoms with Gasteiger partial charge >= 0.3 is 0 Å². The molecule has 0 atom stereocenters. The lowest BCUT2D eigenvalue weighted by molar-refractivity contribution is 0.443. The number of benzene rings is 1. The Morgan fingerprint density at radius 2 is 2.16 bits per heavy atom. The third-order valence-corrected chi connectivity index (χ3v) is 2.93. The van der Waals surface area contributed by atoms with Gasteiger partial charge in [0.15, 0.2) is 0 Å². The number of halogens is 1. The lowest BCUT2D eigenvalue weighted by atomic mass is 10.1. The number of hydrogen-bond acceptors (Lipinski definition) is 3. The van der Waals surface area contributed by atoms with Crippen molar-refractivity contribution in [3.8, 4) is 17.3 Å². The van der Waals surface area contributed by atoms with Crippen LogP contribution in [0.25, 0.3) is 11.4 Å². The number of rotatable bonds is 3. The standard InChI is InChI=1S/C14H15FN2O2/c1-3-4-10-13(18)16-12(17-14(10)19)9-5-6-11(15)8(2)7-9/h5-7H,3-4H2,1-2H3,(H2,16,17,18,19). The van der Waals surface area contributed by atoms with E-state index in [4.69, 9.17) is 0 Å². The molecular weight excluding hydrogens is 247 g/mol. The molecule has 100 valence electrons. The topological polar surface area (TPSA) is 66.0 Å². The van der Waals surface area contributed by atoms with Gasteiger partial charge in [0.25, 0.3) is 5.56 Å². The Kier molecular flexibility index (Phi) is 3.64. The molecule has 2 aromatic rings. The SMILES string of the molecule is CCCc1c(O)nc(-c2ccc(F)c(C)c2)[nH]c1=O. The molecule has 0 aliphatic heterocycles. The third kappa shape index (κ3) is 2.65. The van der Waals surface area contributed by atoms with E-state index in [0.29, 0.717) is 17.5 Å². The molecule has 2 N–H and O–H groups in total. The van der Waals surface area contributed by atoms with E-state index in [2.05, 4.69) is 9.97 Å². The first kappa shape index (κ1) is 13.3. The van der Waals surface area contributed by atoms with Crippen molar-refractivity contribution < 1.29 is 9.50 Å². The van der Waals surface area contributed by atoms with Crippen LogP contribution in [0, 0.1) is 12.7 Å². The Hall–Kier alpha value is -2.17. The van der Waals surface area contributed by atoms with Gasteiger partial charge in [-0.2, -0.15) is 4.98 Å². The van der Waals surface area contributed by atoms with E-state index in [1.165, 1.54) is 12.1 Å². The quantitative estimate of drug-likeness (QED) is 0.893. The van der Waals surface area contributed by atoms with Crippen molar-refractivity contribution in [1.29, 1.82) is 0 Å². The minimum absolute atomic E-state index is 0.241. The fourth-order valence-electron chi connectivity index (χ4n) is 1.89. The van der Waals surface area contributed by atoms with Gasteiger partial charge < -0.3 is 10.1 Å². The maximum absolute atomic E-state index is 13.2. The summed E-state index contributed by atoms with van der Waals surface area (Å²) in [5.74, 6) is -0.342. The molecule has 0 spiro atoms. The molecule has 2 rings (SSSR count). The molecule has 0 radical (unpaired) electrons. The van der Waals surface area contributed by atoms with Crippen LogP contribution in [-0.2, 0) is 6.42 Å². The maximum atomic E-state index is 13.2.